The molecule has 0 atom stereocenters. The third-order valence-electron chi connectivity index (χ3n) is 2.73. The van der Waals surface area contributed by atoms with E-state index in [2.05, 4.69) is 5.32 Å². The highest BCUT2D eigenvalue weighted by atomic mass is 16.5. The number of hydrogen-bond donors (Lipinski definition) is 2. The van der Waals surface area contributed by atoms with E-state index in [1.54, 1.807) is 42.5 Å². The van der Waals surface area contributed by atoms with Crippen molar-refractivity contribution >= 4 is 17.3 Å². The number of nitrogens with one attached hydrogen (secondary N) is 1. The average Bonchev–Trinajstić information content (AvgIpc) is 2.49. The Bertz CT molecular complexity index is 597. The van der Waals surface area contributed by atoms with Crippen LogP contribution in [-0.2, 0) is 4.79 Å². The summed E-state index contributed by atoms with van der Waals surface area (Å²) in [6, 6.07) is 14.2. The van der Waals surface area contributed by atoms with Gasteiger partial charge in [0.05, 0.1) is 12.3 Å². The molecule has 2 aromatic carbocycles. The van der Waals surface area contributed by atoms with Gasteiger partial charge in [-0.15, -0.1) is 0 Å². The summed E-state index contributed by atoms with van der Waals surface area (Å²) >= 11 is 0. The smallest absolute Gasteiger partial charge is 0.262 e. The molecule has 0 radical (unpaired) electrons. The van der Waals surface area contributed by atoms with Crippen molar-refractivity contribution in [2.45, 2.75) is 6.92 Å². The first-order valence-electron chi connectivity index (χ1n) is 6.69. The Hall–Kier alpha value is -2.69. The van der Waals surface area contributed by atoms with Gasteiger partial charge in [0.25, 0.3) is 5.91 Å². The highest BCUT2D eigenvalue weighted by Gasteiger charge is 2.05. The molecule has 0 heterocycles. The Labute approximate surface area is 123 Å². The number of para-hydroxylation sites is 2. The lowest BCUT2D eigenvalue weighted by Gasteiger charge is -2.09. The van der Waals surface area contributed by atoms with Crippen molar-refractivity contribution in [3.05, 3.63) is 48.5 Å². The molecule has 0 spiro atoms. The van der Waals surface area contributed by atoms with Crippen molar-refractivity contribution in [2.75, 3.05) is 24.3 Å². The Balaban J connectivity index is 1.85. The second-order valence-corrected chi connectivity index (χ2v) is 4.33. The SMILES string of the molecule is CCOc1ccc(NC(=O)COc2ccccc2N)cc1. The molecule has 0 fully saturated rings. The van der Waals surface area contributed by atoms with Gasteiger partial charge in [-0.25, -0.2) is 0 Å². The van der Waals surface area contributed by atoms with Gasteiger partial charge in [-0.1, -0.05) is 12.1 Å². The first-order valence-corrected chi connectivity index (χ1v) is 6.69. The first kappa shape index (κ1) is 14.7. The quantitative estimate of drug-likeness (QED) is 0.801. The van der Waals surface area contributed by atoms with Crippen molar-refractivity contribution in [1.29, 1.82) is 0 Å². The predicted octanol–water partition coefficient (Wildman–Crippen LogP) is 2.69. The van der Waals surface area contributed by atoms with Gasteiger partial charge in [0.2, 0.25) is 0 Å². The van der Waals surface area contributed by atoms with Crippen LogP contribution in [0.5, 0.6) is 11.5 Å². The molecule has 0 aliphatic rings. The fourth-order valence-corrected chi connectivity index (χ4v) is 1.75. The van der Waals surface area contributed by atoms with Gasteiger partial charge in [0.15, 0.2) is 6.61 Å². The average molecular weight is 286 g/mol. The number of anilines is 2. The van der Waals surface area contributed by atoms with Crippen LogP contribution < -0.4 is 20.5 Å². The minimum atomic E-state index is -0.248. The molecule has 1 amide bonds. The molecule has 5 nitrogen and oxygen atoms in total. The van der Waals surface area contributed by atoms with Crippen LogP contribution in [0.25, 0.3) is 0 Å². The van der Waals surface area contributed by atoms with Crippen molar-refractivity contribution in [3.8, 4) is 11.5 Å². The summed E-state index contributed by atoms with van der Waals surface area (Å²) in [7, 11) is 0. The lowest BCUT2D eigenvalue weighted by molar-refractivity contribution is -0.118. The van der Waals surface area contributed by atoms with Gasteiger partial charge in [-0.2, -0.15) is 0 Å². The van der Waals surface area contributed by atoms with Crippen LogP contribution in [0.1, 0.15) is 6.92 Å². The van der Waals surface area contributed by atoms with E-state index < -0.39 is 0 Å². The Morgan fingerprint density at radius 3 is 2.48 bits per heavy atom. The molecule has 2 aromatic rings. The molecule has 2 rings (SSSR count). The number of carbonyl (C=O) groups excluding carboxylic acids is 1. The molecule has 3 N–H and O–H groups in total. The van der Waals surface area contributed by atoms with Gasteiger partial charge >= 0.3 is 0 Å². The van der Waals surface area contributed by atoms with E-state index in [0.29, 0.717) is 23.7 Å². The molecule has 21 heavy (non-hydrogen) atoms. The Morgan fingerprint density at radius 1 is 1.10 bits per heavy atom. The number of nitrogens with two attached hydrogens (primary N) is 1. The summed E-state index contributed by atoms with van der Waals surface area (Å²) in [4.78, 5) is 11.8. The minimum Gasteiger partial charge on any atom is -0.494 e. The van der Waals surface area contributed by atoms with Crippen molar-refractivity contribution in [1.82, 2.24) is 0 Å². The highest BCUT2D eigenvalue weighted by molar-refractivity contribution is 5.92. The van der Waals surface area contributed by atoms with Crippen LogP contribution in [0.3, 0.4) is 0 Å². The molecule has 110 valence electrons. The van der Waals surface area contributed by atoms with Crippen LogP contribution in [0.2, 0.25) is 0 Å². The number of rotatable bonds is 6. The topological polar surface area (TPSA) is 73.6 Å². The zero-order valence-corrected chi connectivity index (χ0v) is 11.8. The first-order chi connectivity index (χ1) is 10.2. The molecular formula is C16H18N2O3. The van der Waals surface area contributed by atoms with Gasteiger partial charge in [0, 0.05) is 5.69 Å². The zero-order chi connectivity index (χ0) is 15.1. The third kappa shape index (κ3) is 4.42. The number of hydrogen-bond acceptors (Lipinski definition) is 4. The minimum absolute atomic E-state index is 0.0958. The lowest BCUT2D eigenvalue weighted by Crippen LogP contribution is -2.20. The summed E-state index contributed by atoms with van der Waals surface area (Å²) in [5.74, 6) is 1.02. The fraction of sp³-hybridized carbons (Fsp3) is 0.188. The van der Waals surface area contributed by atoms with Gasteiger partial charge in [0.1, 0.15) is 11.5 Å². The molecule has 5 heteroatoms. The predicted molar refractivity (Wildman–Crippen MR) is 82.6 cm³/mol. The Kier molecular flexibility index (Phi) is 5.04. The summed E-state index contributed by atoms with van der Waals surface area (Å²) in [6.07, 6.45) is 0. The van der Waals surface area contributed by atoms with Crippen LogP contribution in [-0.4, -0.2) is 19.1 Å². The normalized spacial score (nSPS) is 9.95. The molecule has 0 aliphatic carbocycles. The summed E-state index contributed by atoms with van der Waals surface area (Å²) < 4.78 is 10.7. The van der Waals surface area contributed by atoms with Crippen LogP contribution >= 0.6 is 0 Å². The molecule has 0 saturated carbocycles. The molecule has 0 aliphatic heterocycles. The summed E-state index contributed by atoms with van der Waals surface area (Å²) in [6.45, 7) is 2.43. The van der Waals surface area contributed by atoms with E-state index >= 15 is 0 Å². The molecular weight excluding hydrogens is 268 g/mol. The van der Waals surface area contributed by atoms with E-state index in [1.807, 2.05) is 13.0 Å². The number of amides is 1. The van der Waals surface area contributed by atoms with Gasteiger partial charge in [-0.05, 0) is 43.3 Å². The van der Waals surface area contributed by atoms with Crippen LogP contribution in [0.4, 0.5) is 11.4 Å². The zero-order valence-electron chi connectivity index (χ0n) is 11.8. The van der Waals surface area contributed by atoms with Crippen molar-refractivity contribution in [3.63, 3.8) is 0 Å². The van der Waals surface area contributed by atoms with E-state index in [0.717, 1.165) is 5.75 Å². The number of benzene rings is 2. The van der Waals surface area contributed by atoms with Gasteiger partial charge in [-0.3, -0.25) is 4.79 Å². The largest absolute Gasteiger partial charge is 0.494 e. The Morgan fingerprint density at radius 2 is 1.81 bits per heavy atom. The maximum Gasteiger partial charge on any atom is 0.262 e. The third-order valence-corrected chi connectivity index (χ3v) is 2.73. The summed E-state index contributed by atoms with van der Waals surface area (Å²) in [5.41, 5.74) is 6.93. The molecule has 0 aromatic heterocycles. The number of ether oxygens (including phenoxy) is 2. The monoisotopic (exact) mass is 286 g/mol. The maximum atomic E-state index is 11.8. The van der Waals surface area contributed by atoms with Crippen LogP contribution in [0.15, 0.2) is 48.5 Å². The van der Waals surface area contributed by atoms with E-state index in [4.69, 9.17) is 15.2 Å². The van der Waals surface area contributed by atoms with Gasteiger partial charge < -0.3 is 20.5 Å². The molecule has 0 bridgehead atoms. The standard InChI is InChI=1S/C16H18N2O3/c1-2-20-13-9-7-12(8-10-13)18-16(19)11-21-15-6-4-3-5-14(15)17/h3-10H,2,11,17H2,1H3,(H,18,19). The van der Waals surface area contributed by atoms with Crippen molar-refractivity contribution in [2.24, 2.45) is 0 Å². The van der Waals surface area contributed by atoms with Crippen molar-refractivity contribution < 1.29 is 14.3 Å². The maximum absolute atomic E-state index is 11.8. The molecule has 0 unspecified atom stereocenters. The number of carbonyl (C=O) groups is 1. The highest BCUT2D eigenvalue weighted by Crippen LogP contribution is 2.20. The second-order valence-electron chi connectivity index (χ2n) is 4.33. The van der Waals surface area contributed by atoms with E-state index in [1.165, 1.54) is 0 Å². The molecule has 0 saturated heterocycles. The summed E-state index contributed by atoms with van der Waals surface area (Å²) in [5, 5.41) is 2.74. The fourth-order valence-electron chi connectivity index (χ4n) is 1.75. The second kappa shape index (κ2) is 7.19. The van der Waals surface area contributed by atoms with Crippen LogP contribution in [0, 0.1) is 0 Å². The lowest BCUT2D eigenvalue weighted by atomic mass is 10.3. The number of nitrogen functional groups attached to an aromatic ring is 1. The van der Waals surface area contributed by atoms with E-state index in [-0.39, 0.29) is 12.5 Å². The van der Waals surface area contributed by atoms with E-state index in [9.17, 15) is 4.79 Å².